The van der Waals surface area contributed by atoms with Crippen molar-refractivity contribution in [1.29, 1.82) is 0 Å². The van der Waals surface area contributed by atoms with Gasteiger partial charge in [-0.05, 0) is 37.5 Å². The second-order valence-electron chi connectivity index (χ2n) is 7.49. The monoisotopic (exact) mass is 368 g/mol. The number of piperidine rings is 1. The Morgan fingerprint density at radius 1 is 1.04 bits per heavy atom. The molecule has 0 radical (unpaired) electrons. The van der Waals surface area contributed by atoms with E-state index >= 15 is 0 Å². The quantitative estimate of drug-likeness (QED) is 0.876. The Morgan fingerprint density at radius 2 is 1.89 bits per heavy atom. The van der Waals surface area contributed by atoms with Crippen molar-refractivity contribution >= 4 is 11.8 Å². The van der Waals surface area contributed by atoms with E-state index in [-0.39, 0.29) is 6.10 Å². The molecule has 1 unspecified atom stereocenters. The van der Waals surface area contributed by atoms with Crippen LogP contribution >= 0.6 is 0 Å². The molecule has 0 saturated carbocycles. The standard InChI is InChI=1S/C20H28N6O/c1-16-4-2-7-21-18(16)15-24-10-12-25(13-11-24)20-22-8-6-19(23-20)26-9-3-5-17(27)14-26/h2,4,6-8,17,27H,3,5,9-15H2,1H3. The van der Waals surface area contributed by atoms with Crippen LogP contribution in [0.4, 0.5) is 11.8 Å². The van der Waals surface area contributed by atoms with Crippen LogP contribution < -0.4 is 9.80 Å². The van der Waals surface area contributed by atoms with Gasteiger partial charge in [0.05, 0.1) is 11.8 Å². The van der Waals surface area contributed by atoms with E-state index in [2.05, 4.69) is 37.7 Å². The van der Waals surface area contributed by atoms with Gasteiger partial charge in [0.25, 0.3) is 0 Å². The first-order valence-electron chi connectivity index (χ1n) is 9.83. The van der Waals surface area contributed by atoms with E-state index in [1.165, 1.54) is 5.56 Å². The average Bonchev–Trinajstić information content (AvgIpc) is 2.70. The van der Waals surface area contributed by atoms with Gasteiger partial charge in [0, 0.05) is 58.2 Å². The molecule has 7 nitrogen and oxygen atoms in total. The van der Waals surface area contributed by atoms with Crippen molar-refractivity contribution < 1.29 is 5.11 Å². The third-order valence-corrected chi connectivity index (χ3v) is 5.50. The lowest BCUT2D eigenvalue weighted by atomic mass is 10.1. The van der Waals surface area contributed by atoms with Crippen LogP contribution in [-0.2, 0) is 6.54 Å². The highest BCUT2D eigenvalue weighted by Gasteiger charge is 2.22. The number of aliphatic hydroxyl groups excluding tert-OH is 1. The minimum absolute atomic E-state index is 0.254. The fourth-order valence-corrected chi connectivity index (χ4v) is 3.83. The Labute approximate surface area is 160 Å². The minimum atomic E-state index is -0.254. The van der Waals surface area contributed by atoms with E-state index in [0.717, 1.165) is 69.6 Å². The molecule has 2 saturated heterocycles. The minimum Gasteiger partial charge on any atom is -0.391 e. The molecule has 0 spiro atoms. The normalized spacial score (nSPS) is 21.5. The number of hydrogen-bond acceptors (Lipinski definition) is 7. The van der Waals surface area contributed by atoms with E-state index in [9.17, 15) is 5.11 Å². The molecule has 1 atom stereocenters. The van der Waals surface area contributed by atoms with Gasteiger partial charge in [-0.2, -0.15) is 4.98 Å². The molecule has 0 aromatic carbocycles. The molecule has 2 aliphatic heterocycles. The maximum absolute atomic E-state index is 9.92. The van der Waals surface area contributed by atoms with Gasteiger partial charge in [0.2, 0.25) is 5.95 Å². The maximum atomic E-state index is 9.92. The number of aliphatic hydroxyl groups is 1. The third kappa shape index (κ3) is 4.36. The Morgan fingerprint density at radius 3 is 2.67 bits per heavy atom. The van der Waals surface area contributed by atoms with Gasteiger partial charge >= 0.3 is 0 Å². The maximum Gasteiger partial charge on any atom is 0.227 e. The van der Waals surface area contributed by atoms with Crippen LogP contribution in [0.15, 0.2) is 30.6 Å². The van der Waals surface area contributed by atoms with Crippen molar-refractivity contribution in [2.24, 2.45) is 0 Å². The number of rotatable bonds is 4. The van der Waals surface area contributed by atoms with Crippen LogP contribution in [0.25, 0.3) is 0 Å². The lowest BCUT2D eigenvalue weighted by Crippen LogP contribution is -2.47. The summed E-state index contributed by atoms with van der Waals surface area (Å²) in [6.07, 6.45) is 5.34. The predicted molar refractivity (Wildman–Crippen MR) is 106 cm³/mol. The summed E-state index contributed by atoms with van der Waals surface area (Å²) in [5.74, 6) is 1.71. The number of pyridine rings is 1. The average molecular weight is 368 g/mol. The van der Waals surface area contributed by atoms with Crippen LogP contribution in [-0.4, -0.2) is 70.3 Å². The van der Waals surface area contributed by atoms with Gasteiger partial charge in [-0.1, -0.05) is 6.07 Å². The predicted octanol–water partition coefficient (Wildman–Crippen LogP) is 1.46. The molecule has 4 heterocycles. The zero-order valence-electron chi connectivity index (χ0n) is 16.0. The Kier molecular flexibility index (Phi) is 5.50. The summed E-state index contributed by atoms with van der Waals surface area (Å²) in [7, 11) is 0. The molecular weight excluding hydrogens is 340 g/mol. The largest absolute Gasteiger partial charge is 0.391 e. The topological polar surface area (TPSA) is 68.6 Å². The molecule has 0 bridgehead atoms. The number of aryl methyl sites for hydroxylation is 1. The van der Waals surface area contributed by atoms with Gasteiger partial charge in [0.1, 0.15) is 5.82 Å². The second kappa shape index (κ2) is 8.19. The summed E-state index contributed by atoms with van der Waals surface area (Å²) < 4.78 is 0. The van der Waals surface area contributed by atoms with Crippen molar-refractivity contribution in [2.75, 3.05) is 49.1 Å². The molecule has 0 aliphatic carbocycles. The van der Waals surface area contributed by atoms with Crippen LogP contribution in [0.2, 0.25) is 0 Å². The molecule has 144 valence electrons. The van der Waals surface area contributed by atoms with Crippen LogP contribution in [0, 0.1) is 6.92 Å². The van der Waals surface area contributed by atoms with Gasteiger partial charge in [0.15, 0.2) is 0 Å². The number of hydrogen-bond donors (Lipinski definition) is 1. The van der Waals surface area contributed by atoms with Gasteiger partial charge in [-0.25, -0.2) is 4.98 Å². The van der Waals surface area contributed by atoms with Crippen molar-refractivity contribution in [3.05, 3.63) is 41.9 Å². The molecule has 0 amide bonds. The van der Waals surface area contributed by atoms with E-state index in [1.54, 1.807) is 0 Å². The third-order valence-electron chi connectivity index (χ3n) is 5.50. The molecule has 1 N–H and O–H groups in total. The van der Waals surface area contributed by atoms with Crippen molar-refractivity contribution in [1.82, 2.24) is 19.9 Å². The Hall–Kier alpha value is -2.25. The van der Waals surface area contributed by atoms with Crippen molar-refractivity contribution in [3.8, 4) is 0 Å². The highest BCUT2D eigenvalue weighted by Crippen LogP contribution is 2.21. The summed E-state index contributed by atoms with van der Waals surface area (Å²) >= 11 is 0. The first kappa shape index (κ1) is 18.1. The Balaban J connectivity index is 1.37. The Bertz CT molecular complexity index is 762. The number of piperazine rings is 1. The van der Waals surface area contributed by atoms with Crippen molar-refractivity contribution in [2.45, 2.75) is 32.4 Å². The highest BCUT2D eigenvalue weighted by atomic mass is 16.3. The van der Waals surface area contributed by atoms with E-state index in [4.69, 9.17) is 4.98 Å². The van der Waals surface area contributed by atoms with E-state index < -0.39 is 0 Å². The van der Waals surface area contributed by atoms with E-state index in [0.29, 0.717) is 6.54 Å². The van der Waals surface area contributed by atoms with Crippen molar-refractivity contribution in [3.63, 3.8) is 0 Å². The molecule has 7 heteroatoms. The van der Waals surface area contributed by atoms with Gasteiger partial charge in [-0.3, -0.25) is 9.88 Å². The van der Waals surface area contributed by atoms with Crippen LogP contribution in [0.3, 0.4) is 0 Å². The first-order valence-corrected chi connectivity index (χ1v) is 9.83. The van der Waals surface area contributed by atoms with Gasteiger partial charge < -0.3 is 14.9 Å². The fraction of sp³-hybridized carbons (Fsp3) is 0.550. The smallest absolute Gasteiger partial charge is 0.227 e. The molecule has 4 rings (SSSR count). The molecule has 2 aromatic rings. The molecule has 2 fully saturated rings. The second-order valence-corrected chi connectivity index (χ2v) is 7.49. The number of nitrogens with zero attached hydrogens (tertiary/aromatic N) is 6. The molecule has 2 aliphatic rings. The summed E-state index contributed by atoms with van der Waals surface area (Å²) in [6, 6.07) is 6.06. The number of β-amino-alcohol motifs (C(OH)–C–C–N with tert-alkyl or cyclic N) is 1. The summed E-state index contributed by atoms with van der Waals surface area (Å²) in [6.45, 7) is 8.41. The summed E-state index contributed by atoms with van der Waals surface area (Å²) in [5.41, 5.74) is 2.41. The highest BCUT2D eigenvalue weighted by molar-refractivity contribution is 5.44. The molecular formula is C20H28N6O. The SMILES string of the molecule is Cc1cccnc1CN1CCN(c2nccc(N3CCCC(O)C3)n2)CC1. The summed E-state index contributed by atoms with van der Waals surface area (Å²) in [5, 5.41) is 9.92. The van der Waals surface area contributed by atoms with E-state index in [1.807, 2.05) is 24.5 Å². The lowest BCUT2D eigenvalue weighted by molar-refractivity contribution is 0.154. The molecule has 2 aromatic heterocycles. The van der Waals surface area contributed by atoms with Crippen LogP contribution in [0.5, 0.6) is 0 Å². The number of anilines is 2. The first-order chi connectivity index (χ1) is 13.2. The van der Waals surface area contributed by atoms with Gasteiger partial charge in [-0.15, -0.1) is 0 Å². The summed E-state index contributed by atoms with van der Waals surface area (Å²) in [4.78, 5) is 20.6. The lowest BCUT2D eigenvalue weighted by Gasteiger charge is -2.35. The number of aromatic nitrogens is 3. The zero-order valence-corrected chi connectivity index (χ0v) is 16.0. The zero-order chi connectivity index (χ0) is 18.6. The fourth-order valence-electron chi connectivity index (χ4n) is 3.83. The van der Waals surface area contributed by atoms with Crippen LogP contribution in [0.1, 0.15) is 24.1 Å². The molecule has 27 heavy (non-hydrogen) atoms.